The molecule has 1 rings (SSSR count). The molecule has 0 radical (unpaired) electrons. The number of unbranched alkanes of at least 4 members (excludes halogenated alkanes) is 2. The largest absolute Gasteiger partial charge is 0.314 e. The second-order valence-corrected chi connectivity index (χ2v) is 5.25. The van der Waals surface area contributed by atoms with Crippen molar-refractivity contribution in [3.05, 3.63) is 0 Å². The van der Waals surface area contributed by atoms with Gasteiger partial charge in [-0.05, 0) is 65.2 Å². The average molecular weight is 226 g/mol. The van der Waals surface area contributed by atoms with Crippen molar-refractivity contribution in [3.8, 4) is 0 Å². The maximum Gasteiger partial charge on any atom is 0.00387 e. The lowest BCUT2D eigenvalue weighted by atomic mass is 10.1. The van der Waals surface area contributed by atoms with E-state index in [4.69, 9.17) is 0 Å². The number of nitrogens with one attached hydrogen (secondary N) is 1. The Labute approximate surface area is 102 Å². The predicted molar refractivity (Wildman–Crippen MR) is 71.9 cm³/mol. The highest BCUT2D eigenvalue weighted by molar-refractivity contribution is 4.66. The summed E-state index contributed by atoms with van der Waals surface area (Å²) in [7, 11) is 0. The molecule has 96 valence electrons. The van der Waals surface area contributed by atoms with Crippen molar-refractivity contribution < 1.29 is 0 Å². The Morgan fingerprint density at radius 2 is 1.88 bits per heavy atom. The first-order valence-corrected chi connectivity index (χ1v) is 7.28. The molecule has 1 saturated heterocycles. The fourth-order valence-electron chi connectivity index (χ4n) is 2.43. The van der Waals surface area contributed by atoms with Crippen LogP contribution in [0.2, 0.25) is 0 Å². The van der Waals surface area contributed by atoms with E-state index < -0.39 is 0 Å². The number of hydrogen-bond donors (Lipinski definition) is 1. The number of likely N-dealkylation sites (tertiary alicyclic amines) is 1. The summed E-state index contributed by atoms with van der Waals surface area (Å²) in [5, 5.41) is 3.62. The monoisotopic (exact) mass is 226 g/mol. The molecule has 0 spiro atoms. The normalized spacial score (nSPS) is 19.1. The first-order valence-electron chi connectivity index (χ1n) is 7.28. The molecule has 0 aromatic rings. The molecule has 1 aliphatic heterocycles. The molecule has 1 heterocycles. The summed E-state index contributed by atoms with van der Waals surface area (Å²) in [5.41, 5.74) is 0. The Balaban J connectivity index is 1.83. The molecule has 0 saturated carbocycles. The molecule has 1 N–H and O–H groups in total. The van der Waals surface area contributed by atoms with Crippen LogP contribution in [-0.4, -0.2) is 37.1 Å². The zero-order valence-electron chi connectivity index (χ0n) is 11.3. The SMILES string of the molecule is CCCCC(C)NCCCCN1CCCC1. The van der Waals surface area contributed by atoms with Gasteiger partial charge in [-0.25, -0.2) is 0 Å². The molecule has 0 aromatic carbocycles. The summed E-state index contributed by atoms with van der Waals surface area (Å²) in [6, 6.07) is 0.715. The van der Waals surface area contributed by atoms with Gasteiger partial charge in [0.1, 0.15) is 0 Å². The smallest absolute Gasteiger partial charge is 0.00387 e. The van der Waals surface area contributed by atoms with Crippen LogP contribution in [0.5, 0.6) is 0 Å². The molecule has 2 nitrogen and oxygen atoms in total. The van der Waals surface area contributed by atoms with Crippen molar-refractivity contribution in [3.63, 3.8) is 0 Å². The fraction of sp³-hybridized carbons (Fsp3) is 1.00. The Morgan fingerprint density at radius 1 is 1.12 bits per heavy atom. The summed E-state index contributed by atoms with van der Waals surface area (Å²) in [4.78, 5) is 2.61. The summed E-state index contributed by atoms with van der Waals surface area (Å²) >= 11 is 0. The maximum atomic E-state index is 3.62. The number of hydrogen-bond acceptors (Lipinski definition) is 2. The molecule has 0 amide bonds. The van der Waals surface area contributed by atoms with Crippen LogP contribution < -0.4 is 5.32 Å². The zero-order valence-corrected chi connectivity index (χ0v) is 11.3. The van der Waals surface area contributed by atoms with Crippen molar-refractivity contribution in [2.75, 3.05) is 26.2 Å². The van der Waals surface area contributed by atoms with Gasteiger partial charge in [0, 0.05) is 6.04 Å². The highest BCUT2D eigenvalue weighted by atomic mass is 15.1. The fourth-order valence-corrected chi connectivity index (χ4v) is 2.43. The van der Waals surface area contributed by atoms with Gasteiger partial charge in [0.2, 0.25) is 0 Å². The molecule has 1 atom stereocenters. The molecule has 1 unspecified atom stereocenters. The molecule has 16 heavy (non-hydrogen) atoms. The Hall–Kier alpha value is -0.0800. The Bertz CT molecular complexity index is 153. The lowest BCUT2D eigenvalue weighted by Crippen LogP contribution is -2.28. The van der Waals surface area contributed by atoms with Gasteiger partial charge in [0.25, 0.3) is 0 Å². The van der Waals surface area contributed by atoms with Crippen molar-refractivity contribution in [2.24, 2.45) is 0 Å². The summed E-state index contributed by atoms with van der Waals surface area (Å²) in [6.45, 7) is 9.81. The first-order chi connectivity index (χ1) is 7.83. The van der Waals surface area contributed by atoms with E-state index in [0.29, 0.717) is 6.04 Å². The average Bonchev–Trinajstić information content (AvgIpc) is 2.79. The van der Waals surface area contributed by atoms with E-state index in [-0.39, 0.29) is 0 Å². The van der Waals surface area contributed by atoms with Crippen LogP contribution in [0, 0.1) is 0 Å². The van der Waals surface area contributed by atoms with Gasteiger partial charge >= 0.3 is 0 Å². The minimum absolute atomic E-state index is 0.715. The molecular weight excluding hydrogens is 196 g/mol. The highest BCUT2D eigenvalue weighted by Gasteiger charge is 2.09. The standard InChI is InChI=1S/C14H30N2/c1-3-4-9-14(2)15-10-5-6-11-16-12-7-8-13-16/h14-15H,3-13H2,1-2H3. The second kappa shape index (κ2) is 9.00. The molecule has 2 heteroatoms. The van der Waals surface area contributed by atoms with Gasteiger partial charge in [-0.2, -0.15) is 0 Å². The topological polar surface area (TPSA) is 15.3 Å². The quantitative estimate of drug-likeness (QED) is 0.608. The molecule has 0 aromatic heterocycles. The molecule has 1 fully saturated rings. The minimum atomic E-state index is 0.715. The molecular formula is C14H30N2. The lowest BCUT2D eigenvalue weighted by Gasteiger charge is -2.16. The number of nitrogens with zero attached hydrogens (tertiary/aromatic N) is 1. The maximum absolute atomic E-state index is 3.62. The van der Waals surface area contributed by atoms with Crippen LogP contribution in [0.4, 0.5) is 0 Å². The van der Waals surface area contributed by atoms with E-state index in [1.165, 1.54) is 71.1 Å². The van der Waals surface area contributed by atoms with Crippen molar-refractivity contribution in [2.45, 2.75) is 64.8 Å². The highest BCUT2D eigenvalue weighted by Crippen LogP contribution is 2.08. The van der Waals surface area contributed by atoms with Gasteiger partial charge in [-0.15, -0.1) is 0 Å². The molecule has 1 aliphatic rings. The van der Waals surface area contributed by atoms with Gasteiger partial charge in [0.15, 0.2) is 0 Å². The van der Waals surface area contributed by atoms with E-state index in [0.717, 1.165) is 0 Å². The van der Waals surface area contributed by atoms with Crippen LogP contribution in [0.15, 0.2) is 0 Å². The van der Waals surface area contributed by atoms with E-state index in [1.54, 1.807) is 0 Å². The van der Waals surface area contributed by atoms with Crippen LogP contribution in [-0.2, 0) is 0 Å². The summed E-state index contributed by atoms with van der Waals surface area (Å²) in [6.07, 6.45) is 9.57. The third kappa shape index (κ3) is 6.49. The zero-order chi connectivity index (χ0) is 11.6. The van der Waals surface area contributed by atoms with Crippen molar-refractivity contribution in [1.29, 1.82) is 0 Å². The Morgan fingerprint density at radius 3 is 2.56 bits per heavy atom. The van der Waals surface area contributed by atoms with Crippen LogP contribution in [0.3, 0.4) is 0 Å². The third-order valence-electron chi connectivity index (χ3n) is 3.58. The van der Waals surface area contributed by atoms with Crippen LogP contribution in [0.1, 0.15) is 58.8 Å². The summed E-state index contributed by atoms with van der Waals surface area (Å²) < 4.78 is 0. The van der Waals surface area contributed by atoms with E-state index >= 15 is 0 Å². The second-order valence-electron chi connectivity index (χ2n) is 5.25. The van der Waals surface area contributed by atoms with Gasteiger partial charge in [-0.3, -0.25) is 0 Å². The predicted octanol–water partition coefficient (Wildman–Crippen LogP) is 3.03. The van der Waals surface area contributed by atoms with Gasteiger partial charge in [-0.1, -0.05) is 19.8 Å². The van der Waals surface area contributed by atoms with E-state index in [9.17, 15) is 0 Å². The van der Waals surface area contributed by atoms with Gasteiger partial charge < -0.3 is 10.2 Å². The summed E-state index contributed by atoms with van der Waals surface area (Å²) in [5.74, 6) is 0. The van der Waals surface area contributed by atoms with Crippen molar-refractivity contribution in [1.82, 2.24) is 10.2 Å². The van der Waals surface area contributed by atoms with E-state index in [1.807, 2.05) is 0 Å². The minimum Gasteiger partial charge on any atom is -0.314 e. The first kappa shape index (κ1) is 14.0. The number of rotatable bonds is 9. The van der Waals surface area contributed by atoms with Crippen LogP contribution >= 0.6 is 0 Å². The third-order valence-corrected chi connectivity index (χ3v) is 3.58. The Kier molecular flexibility index (Phi) is 7.87. The van der Waals surface area contributed by atoms with Gasteiger partial charge in [0.05, 0.1) is 0 Å². The molecule has 0 bridgehead atoms. The van der Waals surface area contributed by atoms with Crippen LogP contribution in [0.25, 0.3) is 0 Å². The van der Waals surface area contributed by atoms with Crippen molar-refractivity contribution >= 4 is 0 Å². The van der Waals surface area contributed by atoms with E-state index in [2.05, 4.69) is 24.1 Å². The molecule has 0 aliphatic carbocycles. The lowest BCUT2D eigenvalue weighted by molar-refractivity contribution is 0.327.